The molecule has 2 aromatic rings. The number of sulfonamides is 1. The number of benzene rings is 1. The number of fused-ring (bicyclic) bond motifs is 1. The van der Waals surface area contributed by atoms with Gasteiger partial charge in [-0.3, -0.25) is 14.5 Å². The smallest absolute Gasteiger partial charge is 0.355 e. The van der Waals surface area contributed by atoms with Crippen molar-refractivity contribution >= 4 is 27.6 Å². The summed E-state index contributed by atoms with van der Waals surface area (Å²) < 4.78 is 64.8. The first-order valence-corrected chi connectivity index (χ1v) is 11.4. The maximum atomic E-state index is 12.7. The van der Waals surface area contributed by atoms with E-state index in [0.29, 0.717) is 44.0 Å². The van der Waals surface area contributed by atoms with Crippen molar-refractivity contribution in [2.24, 2.45) is 4.99 Å². The van der Waals surface area contributed by atoms with Crippen molar-refractivity contribution < 1.29 is 26.4 Å². The van der Waals surface area contributed by atoms with Crippen LogP contribution in [0.3, 0.4) is 0 Å². The molecule has 1 fully saturated rings. The Balaban J connectivity index is 1.39. The number of carbonyl (C=O) groups excluding carboxylic acids is 1. The summed E-state index contributed by atoms with van der Waals surface area (Å²) in [5, 5.41) is 0. The Morgan fingerprint density at radius 2 is 1.88 bits per heavy atom. The van der Waals surface area contributed by atoms with Crippen LogP contribution in [0.25, 0.3) is 0 Å². The molecule has 1 aromatic carbocycles. The van der Waals surface area contributed by atoms with Crippen LogP contribution in [0.1, 0.15) is 17.5 Å². The summed E-state index contributed by atoms with van der Waals surface area (Å²) in [6, 6.07) is 8.72. The number of hydrogen-bond acceptors (Lipinski definition) is 6. The zero-order chi connectivity index (χ0) is 22.9. The van der Waals surface area contributed by atoms with Crippen LogP contribution < -0.4 is 9.62 Å². The number of pyridine rings is 1. The second kappa shape index (κ2) is 8.41. The van der Waals surface area contributed by atoms with Gasteiger partial charge in [-0.25, -0.2) is 13.4 Å². The van der Waals surface area contributed by atoms with Gasteiger partial charge in [0, 0.05) is 37.9 Å². The van der Waals surface area contributed by atoms with Gasteiger partial charge in [0.25, 0.3) is 10.0 Å². The molecule has 1 aromatic heterocycles. The Morgan fingerprint density at radius 3 is 2.59 bits per heavy atom. The number of aromatic nitrogens is 1. The van der Waals surface area contributed by atoms with E-state index in [1.54, 1.807) is 23.1 Å². The molecule has 4 rings (SSSR count). The molecule has 12 heteroatoms. The van der Waals surface area contributed by atoms with Crippen LogP contribution >= 0.6 is 0 Å². The number of carbonyl (C=O) groups is 1. The molecule has 170 valence electrons. The van der Waals surface area contributed by atoms with E-state index < -0.39 is 21.8 Å². The lowest BCUT2D eigenvalue weighted by molar-refractivity contribution is -0.137. The number of halogens is 3. The molecule has 0 aliphatic carbocycles. The van der Waals surface area contributed by atoms with Crippen LogP contribution in [0.5, 0.6) is 0 Å². The van der Waals surface area contributed by atoms with Gasteiger partial charge in [0.05, 0.1) is 10.5 Å². The highest BCUT2D eigenvalue weighted by atomic mass is 32.2. The SMILES string of the molecule is O=C(CN=C1NS(=O)(=O)c2ccccc21)N1CCCN(c2ccc(C(F)(F)F)cn2)CC1. The van der Waals surface area contributed by atoms with Gasteiger partial charge in [0.1, 0.15) is 18.2 Å². The molecule has 8 nitrogen and oxygen atoms in total. The standard InChI is InChI=1S/C20H20F3N5O3S/c21-20(22,23)14-6-7-17(24-12-14)27-8-3-9-28(11-10-27)18(29)13-25-19-15-4-1-2-5-16(15)32(30,31)26-19/h1-2,4-7,12H,3,8-11,13H2,(H,25,26). The minimum Gasteiger partial charge on any atom is -0.355 e. The lowest BCUT2D eigenvalue weighted by Gasteiger charge is -2.23. The summed E-state index contributed by atoms with van der Waals surface area (Å²) >= 11 is 0. The van der Waals surface area contributed by atoms with E-state index in [9.17, 15) is 26.4 Å². The highest BCUT2D eigenvalue weighted by molar-refractivity contribution is 7.90. The second-order valence-electron chi connectivity index (χ2n) is 7.39. The van der Waals surface area contributed by atoms with Gasteiger partial charge in [-0.05, 0) is 30.7 Å². The highest BCUT2D eigenvalue weighted by Crippen LogP contribution is 2.29. The molecular weight excluding hydrogens is 447 g/mol. The lowest BCUT2D eigenvalue weighted by Crippen LogP contribution is -2.37. The number of aliphatic imine (C=N–C) groups is 1. The van der Waals surface area contributed by atoms with Crippen LogP contribution in [0.15, 0.2) is 52.5 Å². The van der Waals surface area contributed by atoms with Crippen molar-refractivity contribution in [2.75, 3.05) is 37.6 Å². The van der Waals surface area contributed by atoms with Gasteiger partial charge < -0.3 is 9.80 Å². The van der Waals surface area contributed by atoms with Crippen LogP contribution in [0, 0.1) is 0 Å². The third-order valence-electron chi connectivity index (χ3n) is 5.28. The molecule has 0 spiro atoms. The zero-order valence-electron chi connectivity index (χ0n) is 16.8. The van der Waals surface area contributed by atoms with E-state index in [-0.39, 0.29) is 23.2 Å². The topological polar surface area (TPSA) is 95.0 Å². The van der Waals surface area contributed by atoms with Crippen LogP contribution in [0.2, 0.25) is 0 Å². The Kier molecular flexibility index (Phi) is 5.80. The fourth-order valence-corrected chi connectivity index (χ4v) is 4.89. The van der Waals surface area contributed by atoms with Gasteiger partial charge in [-0.15, -0.1) is 0 Å². The van der Waals surface area contributed by atoms with E-state index in [4.69, 9.17) is 0 Å². The Bertz CT molecular complexity index is 1150. The Labute approximate surface area is 182 Å². The fourth-order valence-electron chi connectivity index (χ4n) is 3.63. The predicted molar refractivity (Wildman–Crippen MR) is 111 cm³/mol. The van der Waals surface area contributed by atoms with Crippen molar-refractivity contribution in [1.82, 2.24) is 14.6 Å². The maximum absolute atomic E-state index is 12.7. The third-order valence-corrected chi connectivity index (χ3v) is 6.68. The van der Waals surface area contributed by atoms with E-state index in [0.717, 1.165) is 12.3 Å². The molecule has 1 N–H and O–H groups in total. The zero-order valence-corrected chi connectivity index (χ0v) is 17.7. The fraction of sp³-hybridized carbons (Fsp3) is 0.350. The summed E-state index contributed by atoms with van der Waals surface area (Å²) in [4.78, 5) is 24.3. The lowest BCUT2D eigenvalue weighted by atomic mass is 10.2. The predicted octanol–water partition coefficient (Wildman–Crippen LogP) is 1.88. The minimum absolute atomic E-state index is 0.126. The molecule has 0 saturated carbocycles. The molecule has 2 aliphatic rings. The van der Waals surface area contributed by atoms with Gasteiger partial charge >= 0.3 is 6.18 Å². The molecule has 2 aliphatic heterocycles. The molecule has 3 heterocycles. The number of alkyl halides is 3. The summed E-state index contributed by atoms with van der Waals surface area (Å²) in [7, 11) is -3.67. The van der Waals surface area contributed by atoms with Crippen LogP contribution in [0.4, 0.5) is 19.0 Å². The third kappa shape index (κ3) is 4.54. The molecule has 0 bridgehead atoms. The number of hydrogen-bond donors (Lipinski definition) is 1. The Hall–Kier alpha value is -3.15. The van der Waals surface area contributed by atoms with Crippen molar-refractivity contribution in [1.29, 1.82) is 0 Å². The molecule has 32 heavy (non-hydrogen) atoms. The van der Waals surface area contributed by atoms with E-state index in [2.05, 4.69) is 14.7 Å². The average molecular weight is 467 g/mol. The van der Waals surface area contributed by atoms with Gasteiger partial charge in [-0.1, -0.05) is 12.1 Å². The highest BCUT2D eigenvalue weighted by Gasteiger charge is 2.32. The normalized spacial score (nSPS) is 19.4. The number of amidine groups is 1. The molecule has 1 amide bonds. The van der Waals surface area contributed by atoms with Gasteiger partial charge in [0.15, 0.2) is 0 Å². The largest absolute Gasteiger partial charge is 0.417 e. The van der Waals surface area contributed by atoms with Crippen molar-refractivity contribution in [3.8, 4) is 0 Å². The van der Waals surface area contributed by atoms with E-state index >= 15 is 0 Å². The number of anilines is 1. The first-order valence-electron chi connectivity index (χ1n) is 9.88. The quantitative estimate of drug-likeness (QED) is 0.744. The Morgan fingerprint density at radius 1 is 1.09 bits per heavy atom. The molecular formula is C20H20F3N5O3S. The maximum Gasteiger partial charge on any atom is 0.417 e. The van der Waals surface area contributed by atoms with Crippen LogP contribution in [-0.2, 0) is 21.0 Å². The number of nitrogens with zero attached hydrogens (tertiary/aromatic N) is 4. The van der Waals surface area contributed by atoms with E-state index in [1.807, 2.05) is 4.90 Å². The van der Waals surface area contributed by atoms with Crippen molar-refractivity contribution in [3.05, 3.63) is 53.7 Å². The van der Waals surface area contributed by atoms with Crippen molar-refractivity contribution in [3.63, 3.8) is 0 Å². The number of rotatable bonds is 3. The monoisotopic (exact) mass is 467 g/mol. The number of nitrogens with one attached hydrogen (secondary N) is 1. The van der Waals surface area contributed by atoms with Gasteiger partial charge in [-0.2, -0.15) is 13.2 Å². The van der Waals surface area contributed by atoms with Crippen molar-refractivity contribution in [2.45, 2.75) is 17.5 Å². The molecule has 1 saturated heterocycles. The van der Waals surface area contributed by atoms with E-state index in [1.165, 1.54) is 12.1 Å². The van der Waals surface area contributed by atoms with Crippen LogP contribution in [-0.4, -0.2) is 62.8 Å². The molecule has 0 atom stereocenters. The molecule has 0 unspecified atom stereocenters. The summed E-state index contributed by atoms with van der Waals surface area (Å²) in [6.07, 6.45) is -3.02. The first-order chi connectivity index (χ1) is 15.1. The average Bonchev–Trinajstić information content (AvgIpc) is 2.90. The molecule has 0 radical (unpaired) electrons. The summed E-state index contributed by atoms with van der Waals surface area (Å²) in [6.45, 7) is 1.56. The number of amides is 1. The second-order valence-corrected chi connectivity index (χ2v) is 9.04. The first kappa shape index (κ1) is 22.1. The minimum atomic E-state index is -4.44. The summed E-state index contributed by atoms with van der Waals surface area (Å²) in [5.41, 5.74) is -0.383. The van der Waals surface area contributed by atoms with Gasteiger partial charge in [0.2, 0.25) is 5.91 Å². The summed E-state index contributed by atoms with van der Waals surface area (Å²) in [5.74, 6) is 0.298.